The monoisotopic (exact) mass is 392 g/mol. The van der Waals surface area contributed by atoms with Crippen molar-refractivity contribution in [1.82, 2.24) is 0 Å². The van der Waals surface area contributed by atoms with Crippen LogP contribution in [0.1, 0.15) is 58.4 Å². The van der Waals surface area contributed by atoms with Gasteiger partial charge in [-0.3, -0.25) is 0 Å². The molecule has 1 aromatic carbocycles. The third kappa shape index (κ3) is 5.66. The van der Waals surface area contributed by atoms with Crippen molar-refractivity contribution in [3.05, 3.63) is 29.8 Å². The fourth-order valence-electron chi connectivity index (χ4n) is 4.18. The van der Waals surface area contributed by atoms with E-state index < -0.39 is 8.32 Å². The molecule has 1 aliphatic heterocycles. The van der Waals surface area contributed by atoms with Gasteiger partial charge in [0.05, 0.1) is 19.3 Å². The second-order valence-corrected chi connectivity index (χ2v) is 12.4. The van der Waals surface area contributed by atoms with E-state index in [1.165, 1.54) is 0 Å². The zero-order valence-electron chi connectivity index (χ0n) is 17.6. The van der Waals surface area contributed by atoms with Gasteiger partial charge in [0.25, 0.3) is 0 Å². The van der Waals surface area contributed by atoms with Gasteiger partial charge in [0.15, 0.2) is 8.32 Å². The minimum atomic E-state index is -1.73. The molecule has 0 spiro atoms. The summed E-state index contributed by atoms with van der Waals surface area (Å²) in [6.07, 6.45) is 2.54. The smallest absolute Gasteiger partial charge is 0.192 e. The third-order valence-electron chi connectivity index (χ3n) is 6.09. The van der Waals surface area contributed by atoms with Gasteiger partial charge in [0, 0.05) is 18.9 Å². The summed E-state index contributed by atoms with van der Waals surface area (Å²) < 4.78 is 18.4. The van der Waals surface area contributed by atoms with Gasteiger partial charge in [-0.05, 0) is 55.6 Å². The van der Waals surface area contributed by atoms with Gasteiger partial charge >= 0.3 is 0 Å². The molecular formula is C22H36O4Si. The van der Waals surface area contributed by atoms with Crippen LogP contribution in [0, 0.1) is 0 Å². The molecule has 1 unspecified atom stereocenters. The Balaban J connectivity index is 2.30. The summed E-state index contributed by atoms with van der Waals surface area (Å²) in [4.78, 5) is 12.0. The molecule has 0 aliphatic carbocycles. The van der Waals surface area contributed by atoms with Crippen LogP contribution in [0.4, 0.5) is 0 Å². The van der Waals surface area contributed by atoms with Crippen molar-refractivity contribution in [2.24, 2.45) is 0 Å². The van der Waals surface area contributed by atoms with Crippen molar-refractivity contribution < 1.29 is 18.7 Å². The Hall–Kier alpha value is -1.17. The number of ketones is 1. The van der Waals surface area contributed by atoms with Crippen molar-refractivity contribution in [3.8, 4) is 5.75 Å². The van der Waals surface area contributed by atoms with Crippen LogP contribution in [-0.4, -0.2) is 40.0 Å². The summed E-state index contributed by atoms with van der Waals surface area (Å²) >= 11 is 0. The molecule has 0 amide bonds. The molecule has 1 fully saturated rings. The molecule has 0 bridgehead atoms. The van der Waals surface area contributed by atoms with E-state index in [0.717, 1.165) is 48.9 Å². The highest BCUT2D eigenvalue weighted by atomic mass is 28.4. The zero-order valence-corrected chi connectivity index (χ0v) is 18.6. The number of benzene rings is 1. The molecule has 0 saturated carbocycles. The van der Waals surface area contributed by atoms with Crippen LogP contribution in [0.15, 0.2) is 24.3 Å². The molecule has 5 heteroatoms. The lowest BCUT2D eigenvalue weighted by Gasteiger charge is -2.42. The molecular weight excluding hydrogens is 356 g/mol. The number of carbonyl (C=O) groups excluding carboxylic acids is 1. The number of rotatable bonds is 10. The van der Waals surface area contributed by atoms with Crippen molar-refractivity contribution in [3.63, 3.8) is 0 Å². The van der Waals surface area contributed by atoms with E-state index in [0.29, 0.717) is 6.42 Å². The van der Waals surface area contributed by atoms with E-state index >= 15 is 0 Å². The lowest BCUT2D eigenvalue weighted by molar-refractivity contribution is -0.120. The molecule has 4 nitrogen and oxygen atoms in total. The van der Waals surface area contributed by atoms with Crippen LogP contribution in [-0.2, 0) is 14.0 Å². The van der Waals surface area contributed by atoms with Crippen LogP contribution < -0.4 is 4.74 Å². The van der Waals surface area contributed by atoms with Gasteiger partial charge < -0.3 is 18.7 Å². The maximum absolute atomic E-state index is 12.0. The van der Waals surface area contributed by atoms with Gasteiger partial charge in [-0.15, -0.1) is 0 Å². The molecule has 27 heavy (non-hydrogen) atoms. The van der Waals surface area contributed by atoms with Crippen molar-refractivity contribution in [2.75, 3.05) is 13.7 Å². The summed E-state index contributed by atoms with van der Waals surface area (Å²) in [6.45, 7) is 9.18. The number of carbonyl (C=O) groups is 1. The van der Waals surface area contributed by atoms with Crippen molar-refractivity contribution >= 4 is 14.1 Å². The molecule has 1 aromatic rings. The zero-order chi connectivity index (χ0) is 19.9. The van der Waals surface area contributed by atoms with Crippen LogP contribution in [0.25, 0.3) is 0 Å². The van der Waals surface area contributed by atoms with Crippen LogP contribution in [0.5, 0.6) is 5.75 Å². The molecule has 1 aliphatic rings. The average Bonchev–Trinajstić information content (AvgIpc) is 2.71. The first kappa shape index (κ1) is 22.1. The minimum absolute atomic E-state index is 0.0241. The lowest BCUT2D eigenvalue weighted by atomic mass is 9.84. The summed E-state index contributed by atoms with van der Waals surface area (Å²) in [5.41, 5.74) is 1.13. The van der Waals surface area contributed by atoms with Crippen LogP contribution in [0.3, 0.4) is 0 Å². The molecule has 1 heterocycles. The van der Waals surface area contributed by atoms with Crippen LogP contribution in [0.2, 0.25) is 18.1 Å². The van der Waals surface area contributed by atoms with Gasteiger partial charge in [0.1, 0.15) is 11.5 Å². The summed E-state index contributed by atoms with van der Waals surface area (Å²) in [5, 5.41) is 0. The summed E-state index contributed by atoms with van der Waals surface area (Å²) in [7, 11) is -0.0657. The van der Waals surface area contributed by atoms with E-state index in [2.05, 4.69) is 32.9 Å². The molecule has 0 aromatic heterocycles. The number of methoxy groups -OCH3 is 1. The number of hydrogen-bond acceptors (Lipinski definition) is 4. The Morgan fingerprint density at radius 2 is 1.81 bits per heavy atom. The second kappa shape index (κ2) is 10.4. The molecule has 152 valence electrons. The summed E-state index contributed by atoms with van der Waals surface area (Å²) in [5.74, 6) is 1.04. The lowest BCUT2D eigenvalue weighted by Crippen LogP contribution is -2.48. The molecule has 3 atom stereocenters. The summed E-state index contributed by atoms with van der Waals surface area (Å²) in [6, 6.07) is 11.4. The predicted molar refractivity (Wildman–Crippen MR) is 112 cm³/mol. The molecule has 1 saturated heterocycles. The Kier molecular flexibility index (Phi) is 8.51. The van der Waals surface area contributed by atoms with E-state index in [1.807, 2.05) is 12.1 Å². The van der Waals surface area contributed by atoms with E-state index in [9.17, 15) is 4.79 Å². The predicted octanol–water partition coefficient (Wildman–Crippen LogP) is 5.33. The topological polar surface area (TPSA) is 44.8 Å². The van der Waals surface area contributed by atoms with Crippen molar-refractivity contribution in [1.29, 1.82) is 0 Å². The highest BCUT2D eigenvalue weighted by Crippen LogP contribution is 2.36. The van der Waals surface area contributed by atoms with E-state index in [-0.39, 0.29) is 23.9 Å². The van der Waals surface area contributed by atoms with Crippen LogP contribution >= 0.6 is 0 Å². The first-order chi connectivity index (χ1) is 13.0. The minimum Gasteiger partial charge on any atom is -0.497 e. The average molecular weight is 393 g/mol. The normalized spacial score (nSPS) is 21.7. The third-order valence-corrected chi connectivity index (χ3v) is 10.8. The fraction of sp³-hybridized carbons (Fsp3) is 0.682. The fourth-order valence-corrected chi connectivity index (χ4v) is 7.08. The number of Topliss-reactive ketones (excluding diaryl/α,β-unsaturated/α-hetero) is 1. The molecule has 0 N–H and O–H groups in total. The highest BCUT2D eigenvalue weighted by Gasteiger charge is 2.40. The van der Waals surface area contributed by atoms with Gasteiger partial charge in [-0.1, -0.05) is 32.9 Å². The van der Waals surface area contributed by atoms with E-state index in [4.69, 9.17) is 13.9 Å². The second-order valence-electron chi connectivity index (χ2n) is 7.66. The molecule has 0 radical (unpaired) electrons. The molecule has 2 rings (SSSR count). The number of ether oxygens (including phenoxy) is 2. The Morgan fingerprint density at radius 3 is 2.33 bits per heavy atom. The maximum Gasteiger partial charge on any atom is 0.192 e. The van der Waals surface area contributed by atoms with Gasteiger partial charge in [0.2, 0.25) is 0 Å². The quantitative estimate of drug-likeness (QED) is 0.505. The van der Waals surface area contributed by atoms with Gasteiger partial charge in [-0.25, -0.2) is 0 Å². The Bertz CT molecular complexity index is 574. The highest BCUT2D eigenvalue weighted by molar-refractivity contribution is 6.73. The number of hydrogen-bond donors (Lipinski definition) is 0. The first-order valence-electron chi connectivity index (χ1n) is 10.4. The Morgan fingerprint density at radius 1 is 1.19 bits per heavy atom. The Labute approximate surface area is 165 Å². The maximum atomic E-state index is 12.0. The first-order valence-corrected chi connectivity index (χ1v) is 12.9. The largest absolute Gasteiger partial charge is 0.497 e. The van der Waals surface area contributed by atoms with Gasteiger partial charge in [-0.2, -0.15) is 0 Å². The van der Waals surface area contributed by atoms with E-state index in [1.54, 1.807) is 14.0 Å². The van der Waals surface area contributed by atoms with Crippen molar-refractivity contribution in [2.45, 2.75) is 83.2 Å². The SMILES string of the molecule is CC[Si](CC)(CC)O[C@@H]1CCCO[C@@H]1C(CC(C)=O)c1ccc(OC)cc1. The standard InChI is InChI=1S/C22H36O4Si/c1-6-27(7-2,8-3)26-21-10-9-15-25-22(21)20(16-17(4)23)18-11-13-19(24-5)14-12-18/h11-14,20-22H,6-10,15-16H2,1-5H3/t20?,21-,22-/m1/s1.